The van der Waals surface area contributed by atoms with Crippen LogP contribution in [-0.4, -0.2) is 42.4 Å². The topological polar surface area (TPSA) is 61.4 Å². The van der Waals surface area contributed by atoms with Crippen LogP contribution >= 0.6 is 0 Å². The summed E-state index contributed by atoms with van der Waals surface area (Å²) in [4.78, 5) is 26.3. The monoisotopic (exact) mass is 329 g/mol. The van der Waals surface area contributed by atoms with Gasteiger partial charge in [-0.25, -0.2) is 0 Å². The van der Waals surface area contributed by atoms with Gasteiger partial charge in [-0.3, -0.25) is 14.5 Å². The van der Waals surface area contributed by atoms with Gasteiger partial charge in [-0.2, -0.15) is 0 Å². The quantitative estimate of drug-likeness (QED) is 0.835. The molecule has 2 N–H and O–H groups in total. The van der Waals surface area contributed by atoms with Gasteiger partial charge in [-0.15, -0.1) is 0 Å². The fraction of sp³-hybridized carbons (Fsp3) is 0.579. The average Bonchev–Trinajstić information content (AvgIpc) is 3.26. The first-order valence-electron chi connectivity index (χ1n) is 9.04. The summed E-state index contributed by atoms with van der Waals surface area (Å²) >= 11 is 0. The van der Waals surface area contributed by atoms with Crippen LogP contribution in [0.25, 0.3) is 0 Å². The first kappa shape index (κ1) is 17.0. The Hall–Kier alpha value is -1.88. The van der Waals surface area contributed by atoms with Crippen LogP contribution in [-0.2, 0) is 16.1 Å². The highest BCUT2D eigenvalue weighted by Gasteiger charge is 2.25. The Balaban J connectivity index is 1.35. The second kappa shape index (κ2) is 8.29. The number of benzene rings is 1. The van der Waals surface area contributed by atoms with Gasteiger partial charge in [-0.05, 0) is 24.8 Å². The normalized spacial score (nSPS) is 21.8. The lowest BCUT2D eigenvalue weighted by Crippen LogP contribution is -2.44. The second-order valence-electron chi connectivity index (χ2n) is 6.97. The summed E-state index contributed by atoms with van der Waals surface area (Å²) in [7, 11) is 0. The van der Waals surface area contributed by atoms with E-state index in [1.807, 2.05) is 6.07 Å². The molecule has 5 nitrogen and oxygen atoms in total. The zero-order valence-electron chi connectivity index (χ0n) is 14.2. The molecule has 0 bridgehead atoms. The standard InChI is InChI=1S/C19H27N3O2/c23-18(12-20-19(24)16-8-4-5-9-16)21-17-10-11-22(14-17)13-15-6-2-1-3-7-15/h1-3,6-7,16-17H,4-5,8-14H2,(H,20,24)(H,21,23). The van der Waals surface area contributed by atoms with Gasteiger partial charge in [-0.1, -0.05) is 43.2 Å². The third kappa shape index (κ3) is 4.81. The fourth-order valence-electron chi connectivity index (χ4n) is 3.71. The molecule has 2 amide bonds. The molecule has 1 atom stereocenters. The number of carbonyl (C=O) groups is 2. The van der Waals surface area contributed by atoms with Crippen molar-refractivity contribution in [2.75, 3.05) is 19.6 Å². The molecule has 1 unspecified atom stereocenters. The van der Waals surface area contributed by atoms with Crippen molar-refractivity contribution in [2.45, 2.75) is 44.7 Å². The van der Waals surface area contributed by atoms with E-state index in [2.05, 4.69) is 39.8 Å². The maximum absolute atomic E-state index is 12.0. The zero-order chi connectivity index (χ0) is 16.8. The summed E-state index contributed by atoms with van der Waals surface area (Å²) in [5.74, 6) is 0.0818. The summed E-state index contributed by atoms with van der Waals surface area (Å²) in [5, 5.41) is 5.83. The van der Waals surface area contributed by atoms with Gasteiger partial charge in [0, 0.05) is 31.6 Å². The molecule has 0 spiro atoms. The molecule has 1 saturated carbocycles. The molecule has 24 heavy (non-hydrogen) atoms. The van der Waals surface area contributed by atoms with Gasteiger partial charge in [0.15, 0.2) is 0 Å². The SMILES string of the molecule is O=C(CNC(=O)C1CCCC1)NC1CCN(Cc2ccccc2)C1. The van der Waals surface area contributed by atoms with E-state index in [0.717, 1.165) is 51.7 Å². The molecular formula is C19H27N3O2. The molecule has 130 valence electrons. The third-order valence-corrected chi connectivity index (χ3v) is 5.04. The van der Waals surface area contributed by atoms with Crippen LogP contribution in [0.2, 0.25) is 0 Å². The molecule has 0 radical (unpaired) electrons. The summed E-state index contributed by atoms with van der Waals surface area (Å²) in [6, 6.07) is 10.6. The first-order chi connectivity index (χ1) is 11.7. The predicted octanol–water partition coefficient (Wildman–Crippen LogP) is 1.68. The lowest BCUT2D eigenvalue weighted by atomic mass is 10.1. The molecule has 2 aliphatic rings. The summed E-state index contributed by atoms with van der Waals surface area (Å²) < 4.78 is 0. The number of nitrogens with one attached hydrogen (secondary N) is 2. The first-order valence-corrected chi connectivity index (χ1v) is 9.04. The van der Waals surface area contributed by atoms with Crippen molar-refractivity contribution in [3.63, 3.8) is 0 Å². The molecule has 3 rings (SSSR count). The van der Waals surface area contributed by atoms with Crippen LogP contribution < -0.4 is 10.6 Å². The number of rotatable bonds is 6. The van der Waals surface area contributed by atoms with E-state index in [-0.39, 0.29) is 30.3 Å². The number of amides is 2. The van der Waals surface area contributed by atoms with Crippen LogP contribution in [0.4, 0.5) is 0 Å². The van der Waals surface area contributed by atoms with Crippen molar-refractivity contribution < 1.29 is 9.59 Å². The summed E-state index contributed by atoms with van der Waals surface area (Å²) in [5.41, 5.74) is 1.30. The number of carbonyl (C=O) groups excluding carboxylic acids is 2. The Kier molecular flexibility index (Phi) is 5.86. The Morgan fingerprint density at radius 3 is 2.58 bits per heavy atom. The molecule has 1 aliphatic heterocycles. The lowest BCUT2D eigenvalue weighted by Gasteiger charge is -2.17. The third-order valence-electron chi connectivity index (χ3n) is 5.04. The van der Waals surface area contributed by atoms with E-state index < -0.39 is 0 Å². The van der Waals surface area contributed by atoms with E-state index in [0.29, 0.717) is 0 Å². The smallest absolute Gasteiger partial charge is 0.239 e. The Morgan fingerprint density at radius 2 is 1.83 bits per heavy atom. The van der Waals surface area contributed by atoms with E-state index in [9.17, 15) is 9.59 Å². The van der Waals surface area contributed by atoms with Gasteiger partial charge < -0.3 is 10.6 Å². The van der Waals surface area contributed by atoms with Gasteiger partial charge in [0.2, 0.25) is 11.8 Å². The minimum Gasteiger partial charge on any atom is -0.350 e. The van der Waals surface area contributed by atoms with Crippen molar-refractivity contribution in [2.24, 2.45) is 5.92 Å². The van der Waals surface area contributed by atoms with Crippen LogP contribution in [0.5, 0.6) is 0 Å². The van der Waals surface area contributed by atoms with Gasteiger partial charge in [0.25, 0.3) is 0 Å². The second-order valence-corrected chi connectivity index (χ2v) is 6.97. The molecule has 1 heterocycles. The van der Waals surface area contributed by atoms with Crippen molar-refractivity contribution in [3.05, 3.63) is 35.9 Å². The van der Waals surface area contributed by atoms with Crippen molar-refractivity contribution in [3.8, 4) is 0 Å². The molecule has 2 fully saturated rings. The number of nitrogens with zero attached hydrogens (tertiary/aromatic N) is 1. The summed E-state index contributed by atoms with van der Waals surface area (Å²) in [6.45, 7) is 2.89. The minimum absolute atomic E-state index is 0.0415. The number of hydrogen-bond donors (Lipinski definition) is 2. The van der Waals surface area contributed by atoms with E-state index in [4.69, 9.17) is 0 Å². The van der Waals surface area contributed by atoms with E-state index in [1.165, 1.54) is 5.56 Å². The van der Waals surface area contributed by atoms with Crippen LogP contribution in [0.1, 0.15) is 37.7 Å². The Bertz CT molecular complexity index is 555. The highest BCUT2D eigenvalue weighted by Crippen LogP contribution is 2.24. The van der Waals surface area contributed by atoms with Gasteiger partial charge >= 0.3 is 0 Å². The van der Waals surface area contributed by atoms with Gasteiger partial charge in [0.1, 0.15) is 0 Å². The number of likely N-dealkylation sites (tertiary alicyclic amines) is 1. The minimum atomic E-state index is -0.0760. The van der Waals surface area contributed by atoms with Crippen LogP contribution in [0.15, 0.2) is 30.3 Å². The fourth-order valence-corrected chi connectivity index (χ4v) is 3.71. The zero-order valence-corrected chi connectivity index (χ0v) is 14.2. The molecule has 1 aromatic carbocycles. The molecule has 0 aromatic heterocycles. The van der Waals surface area contributed by atoms with E-state index in [1.54, 1.807) is 0 Å². The molecule has 1 aromatic rings. The van der Waals surface area contributed by atoms with Crippen molar-refractivity contribution in [1.29, 1.82) is 0 Å². The number of hydrogen-bond acceptors (Lipinski definition) is 3. The van der Waals surface area contributed by atoms with Crippen molar-refractivity contribution in [1.82, 2.24) is 15.5 Å². The largest absolute Gasteiger partial charge is 0.350 e. The van der Waals surface area contributed by atoms with E-state index >= 15 is 0 Å². The molecular weight excluding hydrogens is 302 g/mol. The highest BCUT2D eigenvalue weighted by molar-refractivity contribution is 5.86. The highest BCUT2D eigenvalue weighted by atomic mass is 16.2. The van der Waals surface area contributed by atoms with Gasteiger partial charge in [0.05, 0.1) is 6.54 Å². The average molecular weight is 329 g/mol. The van der Waals surface area contributed by atoms with Crippen molar-refractivity contribution >= 4 is 11.8 Å². The maximum atomic E-state index is 12.0. The predicted molar refractivity (Wildman–Crippen MR) is 93.2 cm³/mol. The van der Waals surface area contributed by atoms with Crippen LogP contribution in [0, 0.1) is 5.92 Å². The summed E-state index contributed by atoms with van der Waals surface area (Å²) in [6.07, 6.45) is 5.15. The lowest BCUT2D eigenvalue weighted by molar-refractivity contribution is -0.128. The Morgan fingerprint density at radius 1 is 1.08 bits per heavy atom. The molecule has 5 heteroatoms. The van der Waals surface area contributed by atoms with Crippen LogP contribution in [0.3, 0.4) is 0 Å². The maximum Gasteiger partial charge on any atom is 0.239 e. The Labute approximate surface area is 143 Å². The molecule has 1 aliphatic carbocycles. The molecule has 1 saturated heterocycles.